The van der Waals surface area contributed by atoms with Crippen LogP contribution in [-0.2, 0) is 0 Å². The van der Waals surface area contributed by atoms with Crippen LogP contribution in [0.3, 0.4) is 0 Å². The van der Waals surface area contributed by atoms with E-state index in [1.807, 2.05) is 6.07 Å². The van der Waals surface area contributed by atoms with Gasteiger partial charge in [-0.15, -0.1) is 0 Å². The topological polar surface area (TPSA) is 32.5 Å². The van der Waals surface area contributed by atoms with Crippen LogP contribution in [0.2, 0.25) is 0 Å². The van der Waals surface area contributed by atoms with Crippen molar-refractivity contribution in [1.29, 1.82) is 0 Å². The van der Waals surface area contributed by atoms with Gasteiger partial charge in [-0.25, -0.2) is 0 Å². The minimum Gasteiger partial charge on any atom is -0.323 e. The van der Waals surface area contributed by atoms with Crippen LogP contribution in [-0.4, -0.2) is 49.6 Å². The molecule has 1 fully saturated rings. The van der Waals surface area contributed by atoms with Gasteiger partial charge in [-0.05, 0) is 32.1 Å². The van der Waals surface area contributed by atoms with Gasteiger partial charge < -0.3 is 15.5 Å². The van der Waals surface area contributed by atoms with Crippen LogP contribution in [0.25, 0.3) is 0 Å². The van der Waals surface area contributed by atoms with E-state index in [4.69, 9.17) is 5.73 Å². The van der Waals surface area contributed by atoms with E-state index >= 15 is 0 Å². The summed E-state index contributed by atoms with van der Waals surface area (Å²) < 4.78 is 0. The number of nitrogens with two attached hydrogens (primary N) is 1. The normalized spacial score (nSPS) is 21.1. The fraction of sp³-hybridized carbons (Fsp3) is 0.571. The van der Waals surface area contributed by atoms with Gasteiger partial charge >= 0.3 is 0 Å². The lowest BCUT2D eigenvalue weighted by molar-refractivity contribution is 0.262. The van der Waals surface area contributed by atoms with Gasteiger partial charge in [-0.3, -0.25) is 0 Å². The summed E-state index contributed by atoms with van der Waals surface area (Å²) in [5.74, 6) is 0. The zero-order chi connectivity index (χ0) is 12.1. The Labute approximate surface area is 104 Å². The van der Waals surface area contributed by atoms with E-state index < -0.39 is 0 Å². The summed E-state index contributed by atoms with van der Waals surface area (Å²) in [6, 6.07) is 10.5. The molecule has 1 aliphatic heterocycles. The molecule has 0 amide bonds. The second-order valence-electron chi connectivity index (χ2n) is 4.97. The molecule has 0 bridgehead atoms. The predicted octanol–water partition coefficient (Wildman–Crippen LogP) is 1.32. The first-order chi connectivity index (χ1) is 8.25. The van der Waals surface area contributed by atoms with Crippen LogP contribution in [0.15, 0.2) is 30.3 Å². The third-order valence-electron chi connectivity index (χ3n) is 3.49. The Hall–Kier alpha value is -0.900. The molecule has 1 aromatic carbocycles. The van der Waals surface area contributed by atoms with Crippen molar-refractivity contribution in [3.05, 3.63) is 35.9 Å². The third-order valence-corrected chi connectivity index (χ3v) is 3.49. The molecular weight excluding hydrogens is 210 g/mol. The molecular formula is C14H23N3. The van der Waals surface area contributed by atoms with Crippen LogP contribution in [0.5, 0.6) is 0 Å². The summed E-state index contributed by atoms with van der Waals surface area (Å²) in [6.45, 7) is 5.64. The highest BCUT2D eigenvalue weighted by Gasteiger charge is 2.15. The number of nitrogens with zero attached hydrogens (tertiary/aromatic N) is 2. The smallest absolute Gasteiger partial charge is 0.0424 e. The molecule has 3 nitrogen and oxygen atoms in total. The fourth-order valence-corrected chi connectivity index (χ4v) is 2.37. The van der Waals surface area contributed by atoms with Gasteiger partial charge in [0.05, 0.1) is 0 Å². The van der Waals surface area contributed by atoms with Crippen molar-refractivity contribution in [2.24, 2.45) is 5.73 Å². The van der Waals surface area contributed by atoms with Crippen molar-refractivity contribution in [3.63, 3.8) is 0 Å². The lowest BCUT2D eigenvalue weighted by atomic mass is 10.1. The zero-order valence-electron chi connectivity index (χ0n) is 10.7. The summed E-state index contributed by atoms with van der Waals surface area (Å²) in [6.07, 6.45) is 1.25. The molecule has 17 heavy (non-hydrogen) atoms. The largest absolute Gasteiger partial charge is 0.323 e. The number of rotatable bonds is 3. The summed E-state index contributed by atoms with van der Waals surface area (Å²) in [4.78, 5) is 4.88. The highest BCUT2D eigenvalue weighted by Crippen LogP contribution is 2.12. The predicted molar refractivity (Wildman–Crippen MR) is 71.9 cm³/mol. The van der Waals surface area contributed by atoms with Crippen molar-refractivity contribution in [3.8, 4) is 0 Å². The van der Waals surface area contributed by atoms with E-state index in [1.165, 1.54) is 25.1 Å². The molecule has 1 atom stereocenters. The second kappa shape index (κ2) is 6.15. The molecule has 0 aromatic heterocycles. The first-order valence-electron chi connectivity index (χ1n) is 6.47. The van der Waals surface area contributed by atoms with Crippen LogP contribution >= 0.6 is 0 Å². The number of hydrogen-bond acceptors (Lipinski definition) is 3. The van der Waals surface area contributed by atoms with Gasteiger partial charge in [0.1, 0.15) is 0 Å². The molecule has 3 heteroatoms. The molecule has 2 N–H and O–H groups in total. The summed E-state index contributed by atoms with van der Waals surface area (Å²) in [7, 11) is 2.20. The average Bonchev–Trinajstić information content (AvgIpc) is 2.56. The van der Waals surface area contributed by atoms with Crippen LogP contribution in [0.4, 0.5) is 0 Å². The number of hydrogen-bond donors (Lipinski definition) is 1. The van der Waals surface area contributed by atoms with Crippen LogP contribution < -0.4 is 5.73 Å². The number of benzene rings is 1. The SMILES string of the molecule is CN1CCCN(C[C@H](N)c2ccccc2)CC1. The van der Waals surface area contributed by atoms with Crippen molar-refractivity contribution in [1.82, 2.24) is 9.80 Å². The van der Waals surface area contributed by atoms with E-state index in [0.29, 0.717) is 0 Å². The second-order valence-corrected chi connectivity index (χ2v) is 4.97. The van der Waals surface area contributed by atoms with E-state index in [9.17, 15) is 0 Å². The molecule has 0 unspecified atom stereocenters. The Morgan fingerprint density at radius 1 is 1.12 bits per heavy atom. The molecule has 1 heterocycles. The van der Waals surface area contributed by atoms with Crippen LogP contribution in [0.1, 0.15) is 18.0 Å². The summed E-state index contributed by atoms with van der Waals surface area (Å²) in [5.41, 5.74) is 7.50. The fourth-order valence-electron chi connectivity index (χ4n) is 2.37. The monoisotopic (exact) mass is 233 g/mol. The molecule has 1 saturated heterocycles. The minimum atomic E-state index is 0.139. The molecule has 1 aliphatic rings. The maximum atomic E-state index is 6.26. The van der Waals surface area contributed by atoms with Crippen molar-refractivity contribution in [2.45, 2.75) is 12.5 Å². The van der Waals surface area contributed by atoms with Gasteiger partial charge in [-0.2, -0.15) is 0 Å². The highest BCUT2D eigenvalue weighted by molar-refractivity contribution is 5.18. The lowest BCUT2D eigenvalue weighted by Crippen LogP contribution is -2.35. The minimum absolute atomic E-state index is 0.139. The van der Waals surface area contributed by atoms with E-state index in [1.54, 1.807) is 0 Å². The van der Waals surface area contributed by atoms with Crippen LogP contribution in [0, 0.1) is 0 Å². The molecule has 0 radical (unpaired) electrons. The lowest BCUT2D eigenvalue weighted by Gasteiger charge is -2.24. The molecule has 94 valence electrons. The average molecular weight is 233 g/mol. The Bertz CT molecular complexity index is 325. The summed E-state index contributed by atoms with van der Waals surface area (Å²) in [5, 5.41) is 0. The first-order valence-corrected chi connectivity index (χ1v) is 6.47. The standard InChI is InChI=1S/C14H23N3/c1-16-8-5-9-17(11-10-16)12-14(15)13-6-3-2-4-7-13/h2-4,6-7,14H,5,8-12,15H2,1H3/t14-/m0/s1. The van der Waals surface area contributed by atoms with E-state index in [2.05, 4.69) is 41.1 Å². The van der Waals surface area contributed by atoms with Crippen molar-refractivity contribution >= 4 is 0 Å². The first kappa shape index (κ1) is 12.6. The maximum absolute atomic E-state index is 6.26. The van der Waals surface area contributed by atoms with Gasteiger partial charge in [0.15, 0.2) is 0 Å². The number of likely N-dealkylation sites (N-methyl/N-ethyl adjacent to an activating group) is 1. The third kappa shape index (κ3) is 3.80. The van der Waals surface area contributed by atoms with Crippen molar-refractivity contribution < 1.29 is 0 Å². The van der Waals surface area contributed by atoms with Gasteiger partial charge in [0, 0.05) is 25.7 Å². The summed E-state index contributed by atoms with van der Waals surface area (Å²) >= 11 is 0. The molecule has 2 rings (SSSR count). The molecule has 1 aromatic rings. The zero-order valence-corrected chi connectivity index (χ0v) is 10.7. The Morgan fingerprint density at radius 3 is 2.65 bits per heavy atom. The molecule has 0 aliphatic carbocycles. The van der Waals surface area contributed by atoms with E-state index in [0.717, 1.165) is 19.6 Å². The van der Waals surface area contributed by atoms with Crippen molar-refractivity contribution in [2.75, 3.05) is 39.8 Å². The maximum Gasteiger partial charge on any atom is 0.0424 e. The van der Waals surface area contributed by atoms with Gasteiger partial charge in [0.25, 0.3) is 0 Å². The van der Waals surface area contributed by atoms with Gasteiger partial charge in [-0.1, -0.05) is 30.3 Å². The Morgan fingerprint density at radius 2 is 1.88 bits per heavy atom. The Balaban J connectivity index is 1.88. The van der Waals surface area contributed by atoms with Gasteiger partial charge in [0.2, 0.25) is 0 Å². The van der Waals surface area contributed by atoms with E-state index in [-0.39, 0.29) is 6.04 Å². The molecule has 0 spiro atoms. The quantitative estimate of drug-likeness (QED) is 0.855. The Kier molecular flexibility index (Phi) is 4.54. The molecule has 0 saturated carbocycles. The highest BCUT2D eigenvalue weighted by atomic mass is 15.2.